The Kier molecular flexibility index (Phi) is 3.41. The third-order valence-corrected chi connectivity index (χ3v) is 7.13. The summed E-state index contributed by atoms with van der Waals surface area (Å²) in [6.45, 7) is 4.12. The minimum Gasteiger partial charge on any atom is -0.508 e. The number of hydrogen-bond donors (Lipinski definition) is 4. The first-order valence-corrected chi connectivity index (χ1v) is 8.96. The summed E-state index contributed by atoms with van der Waals surface area (Å²) in [5.74, 6) is 0.495. The monoisotopic (exact) mass is 329 g/mol. The molecule has 1 aromatic carbocycles. The average molecular weight is 329 g/mol. The Morgan fingerprint density at radius 2 is 2.04 bits per heavy atom. The zero-order valence-electron chi connectivity index (χ0n) is 14.6. The van der Waals surface area contributed by atoms with Gasteiger partial charge in [-0.1, -0.05) is 25.1 Å². The van der Waals surface area contributed by atoms with E-state index in [1.54, 1.807) is 12.1 Å². The van der Waals surface area contributed by atoms with Gasteiger partial charge in [0.25, 0.3) is 0 Å². The Bertz CT molecular complexity index is 715. The van der Waals surface area contributed by atoms with Crippen LogP contribution in [-0.4, -0.2) is 40.6 Å². The molecule has 3 aliphatic carbocycles. The molecule has 4 nitrogen and oxygen atoms in total. The van der Waals surface area contributed by atoms with Crippen molar-refractivity contribution in [3.63, 3.8) is 0 Å². The predicted octanol–water partition coefficient (Wildman–Crippen LogP) is 1.79. The van der Waals surface area contributed by atoms with Crippen molar-refractivity contribution in [1.82, 2.24) is 5.32 Å². The van der Waals surface area contributed by atoms with Crippen LogP contribution < -0.4 is 5.32 Å². The molecule has 0 aliphatic heterocycles. The van der Waals surface area contributed by atoms with E-state index in [-0.39, 0.29) is 23.1 Å². The maximum absolute atomic E-state index is 11.1. The SMILES string of the molecule is CCC12C=C[C@H](O)[C@H](O)[C@]3(C1)c1c(ccc(O)c1C)C[C@@H](NC)C23. The number of allylic oxidation sites excluding steroid dienone is 1. The van der Waals surface area contributed by atoms with Crippen LogP contribution in [0.2, 0.25) is 0 Å². The molecule has 0 radical (unpaired) electrons. The van der Waals surface area contributed by atoms with E-state index in [4.69, 9.17) is 0 Å². The molecule has 4 heteroatoms. The van der Waals surface area contributed by atoms with E-state index < -0.39 is 17.6 Å². The lowest BCUT2D eigenvalue weighted by atomic mass is 9.37. The van der Waals surface area contributed by atoms with Gasteiger partial charge in [0, 0.05) is 11.5 Å². The number of phenolic OH excluding ortho intramolecular Hbond substituents is 1. The number of nitrogens with one attached hydrogen (secondary N) is 1. The fourth-order valence-corrected chi connectivity index (χ4v) is 6.11. The minimum absolute atomic E-state index is 0.00171. The molecule has 0 amide bonds. The summed E-state index contributed by atoms with van der Waals surface area (Å²) in [5, 5.41) is 35.4. The summed E-state index contributed by atoms with van der Waals surface area (Å²) in [5.41, 5.74) is 2.60. The van der Waals surface area contributed by atoms with Gasteiger partial charge in [-0.05, 0) is 67.3 Å². The second kappa shape index (κ2) is 5.07. The van der Waals surface area contributed by atoms with Crippen molar-refractivity contribution in [3.8, 4) is 5.75 Å². The molecule has 1 saturated carbocycles. The largest absolute Gasteiger partial charge is 0.508 e. The van der Waals surface area contributed by atoms with E-state index in [1.807, 2.05) is 20.0 Å². The second-order valence-electron chi connectivity index (χ2n) is 7.92. The van der Waals surface area contributed by atoms with Gasteiger partial charge in [0.2, 0.25) is 0 Å². The second-order valence-corrected chi connectivity index (χ2v) is 7.92. The third kappa shape index (κ3) is 1.69. The molecule has 6 atom stereocenters. The van der Waals surface area contributed by atoms with Crippen LogP contribution in [0.5, 0.6) is 5.75 Å². The fraction of sp³-hybridized carbons (Fsp3) is 0.600. The molecule has 130 valence electrons. The topological polar surface area (TPSA) is 72.7 Å². The van der Waals surface area contributed by atoms with Crippen LogP contribution >= 0.6 is 0 Å². The number of rotatable bonds is 2. The number of fused-ring (bicyclic) bond motifs is 3. The van der Waals surface area contributed by atoms with Gasteiger partial charge in [-0.15, -0.1) is 0 Å². The lowest BCUT2D eigenvalue weighted by Crippen LogP contribution is -2.71. The van der Waals surface area contributed by atoms with Crippen molar-refractivity contribution in [2.24, 2.45) is 11.3 Å². The number of hydrogen-bond acceptors (Lipinski definition) is 4. The highest BCUT2D eigenvalue weighted by Crippen LogP contribution is 2.70. The maximum Gasteiger partial charge on any atom is 0.118 e. The quantitative estimate of drug-likeness (QED) is 0.624. The Balaban J connectivity index is 2.00. The van der Waals surface area contributed by atoms with Crippen LogP contribution in [0.4, 0.5) is 0 Å². The zero-order chi connectivity index (χ0) is 17.3. The standard InChI is InChI=1S/C20H27NO3/c1-4-19-8-7-15(23)18(24)20(10-19)16-11(2)14(22)6-5-12(16)9-13(21-3)17(19)20/h5-8,13,15,17-18,21-24H,4,9-10H2,1-3H3/t13-,15+,17?,18+,19?,20-/m1/s1. The highest BCUT2D eigenvalue weighted by molar-refractivity contribution is 5.55. The molecule has 1 fully saturated rings. The van der Waals surface area contributed by atoms with Gasteiger partial charge < -0.3 is 20.6 Å². The van der Waals surface area contributed by atoms with Crippen molar-refractivity contribution in [2.45, 2.75) is 56.8 Å². The first-order chi connectivity index (χ1) is 11.4. The van der Waals surface area contributed by atoms with Crippen molar-refractivity contribution >= 4 is 0 Å². The lowest BCUT2D eigenvalue weighted by molar-refractivity contribution is -0.147. The normalized spacial score (nSPS) is 42.7. The smallest absolute Gasteiger partial charge is 0.118 e. The first kappa shape index (κ1) is 16.1. The highest BCUT2D eigenvalue weighted by atomic mass is 16.3. The van der Waals surface area contributed by atoms with Gasteiger partial charge in [-0.25, -0.2) is 0 Å². The molecular formula is C20H27NO3. The van der Waals surface area contributed by atoms with Crippen LogP contribution in [0.3, 0.4) is 0 Å². The molecule has 0 aromatic heterocycles. The Morgan fingerprint density at radius 3 is 2.71 bits per heavy atom. The van der Waals surface area contributed by atoms with Crippen molar-refractivity contribution in [2.75, 3.05) is 7.05 Å². The summed E-state index contributed by atoms with van der Waals surface area (Å²) in [7, 11) is 1.98. The Morgan fingerprint density at radius 1 is 1.29 bits per heavy atom. The van der Waals surface area contributed by atoms with Gasteiger partial charge in [0.1, 0.15) is 5.75 Å². The van der Waals surface area contributed by atoms with Crippen LogP contribution in [0.15, 0.2) is 24.3 Å². The Labute approximate surface area is 143 Å². The summed E-state index contributed by atoms with van der Waals surface area (Å²) < 4.78 is 0. The van der Waals surface area contributed by atoms with Crippen LogP contribution in [0.1, 0.15) is 36.5 Å². The number of benzene rings is 1. The molecule has 2 unspecified atom stereocenters. The lowest BCUT2D eigenvalue weighted by Gasteiger charge is -2.68. The molecule has 4 N–H and O–H groups in total. The van der Waals surface area contributed by atoms with Crippen molar-refractivity contribution in [1.29, 1.82) is 0 Å². The Hall–Kier alpha value is -1.36. The zero-order valence-corrected chi connectivity index (χ0v) is 14.6. The van der Waals surface area contributed by atoms with Gasteiger partial charge in [0.05, 0.1) is 12.2 Å². The van der Waals surface area contributed by atoms with Gasteiger partial charge in [-0.2, -0.15) is 0 Å². The van der Waals surface area contributed by atoms with Crippen LogP contribution in [0.25, 0.3) is 0 Å². The van der Waals surface area contributed by atoms with E-state index in [1.165, 1.54) is 5.56 Å². The number of likely N-dealkylation sites (N-methyl/N-ethyl adjacent to an activating group) is 1. The summed E-state index contributed by atoms with van der Waals surface area (Å²) in [6, 6.07) is 3.98. The number of aliphatic hydroxyl groups excluding tert-OH is 2. The molecule has 0 heterocycles. The average Bonchev–Trinajstić information content (AvgIpc) is 2.73. The molecule has 0 saturated heterocycles. The van der Waals surface area contributed by atoms with E-state index in [0.717, 1.165) is 30.4 Å². The molecular weight excluding hydrogens is 302 g/mol. The summed E-state index contributed by atoms with van der Waals surface area (Å²) in [4.78, 5) is 0. The van der Waals surface area contributed by atoms with Crippen molar-refractivity contribution in [3.05, 3.63) is 41.0 Å². The van der Waals surface area contributed by atoms with Gasteiger partial charge in [0.15, 0.2) is 0 Å². The van der Waals surface area contributed by atoms with Crippen molar-refractivity contribution < 1.29 is 15.3 Å². The summed E-state index contributed by atoms with van der Waals surface area (Å²) >= 11 is 0. The summed E-state index contributed by atoms with van der Waals surface area (Å²) in [6.07, 6.45) is 4.91. The van der Waals surface area contributed by atoms with Crippen LogP contribution in [0, 0.1) is 18.3 Å². The highest BCUT2D eigenvalue weighted by Gasteiger charge is 2.70. The van der Waals surface area contributed by atoms with Gasteiger partial charge >= 0.3 is 0 Å². The third-order valence-electron chi connectivity index (χ3n) is 7.13. The number of phenols is 1. The fourth-order valence-electron chi connectivity index (χ4n) is 6.11. The number of aliphatic hydroxyl groups is 2. The van der Waals surface area contributed by atoms with E-state index >= 15 is 0 Å². The molecule has 4 rings (SSSR count). The molecule has 2 bridgehead atoms. The maximum atomic E-state index is 11.1. The van der Waals surface area contributed by atoms with E-state index in [0.29, 0.717) is 0 Å². The molecule has 1 spiro atoms. The molecule has 1 aromatic rings. The molecule has 3 aliphatic rings. The minimum atomic E-state index is -0.867. The van der Waals surface area contributed by atoms with Crippen LogP contribution in [-0.2, 0) is 11.8 Å². The number of aromatic hydroxyl groups is 1. The van der Waals surface area contributed by atoms with E-state index in [2.05, 4.69) is 18.3 Å². The first-order valence-electron chi connectivity index (χ1n) is 8.96. The van der Waals surface area contributed by atoms with E-state index in [9.17, 15) is 15.3 Å². The molecule has 24 heavy (non-hydrogen) atoms. The predicted molar refractivity (Wildman–Crippen MR) is 93.1 cm³/mol. The van der Waals surface area contributed by atoms with Gasteiger partial charge in [-0.3, -0.25) is 0 Å².